The van der Waals surface area contributed by atoms with Gasteiger partial charge in [-0.3, -0.25) is 4.79 Å². The molecule has 0 spiro atoms. The predicted octanol–water partition coefficient (Wildman–Crippen LogP) is 1.29. The van der Waals surface area contributed by atoms with Crippen LogP contribution in [0.3, 0.4) is 0 Å². The van der Waals surface area contributed by atoms with Gasteiger partial charge in [0, 0.05) is 29.4 Å². The minimum atomic E-state index is -0.104. The molecule has 106 valence electrons. The predicted molar refractivity (Wildman–Crippen MR) is 78.1 cm³/mol. The second kappa shape index (κ2) is 4.21. The fourth-order valence-corrected chi connectivity index (χ4v) is 2.34. The van der Waals surface area contributed by atoms with Crippen LogP contribution in [0.4, 0.5) is 0 Å². The Bertz CT molecular complexity index is 747. The van der Waals surface area contributed by atoms with Crippen LogP contribution < -0.4 is 11.0 Å². The number of hydrogen-bond donors (Lipinski definition) is 2. The normalized spacial score (nSPS) is 16.0. The van der Waals surface area contributed by atoms with Crippen LogP contribution in [0.5, 0.6) is 0 Å². The first-order valence-corrected chi connectivity index (χ1v) is 6.67. The number of aryl methyl sites for hydroxylation is 1. The number of nitrogens with one attached hydrogen (secondary N) is 2. The molecule has 6 heteroatoms. The lowest BCUT2D eigenvalue weighted by Gasteiger charge is -2.31. The van der Waals surface area contributed by atoms with Crippen molar-refractivity contribution in [1.82, 2.24) is 25.0 Å². The van der Waals surface area contributed by atoms with Gasteiger partial charge in [-0.05, 0) is 27.7 Å². The Kier molecular flexibility index (Phi) is 2.72. The highest BCUT2D eigenvalue weighted by atomic mass is 16.1. The summed E-state index contributed by atoms with van der Waals surface area (Å²) < 4.78 is 1.64. The fourth-order valence-electron chi connectivity index (χ4n) is 2.34. The van der Waals surface area contributed by atoms with Crippen molar-refractivity contribution in [3.63, 3.8) is 0 Å². The lowest BCUT2D eigenvalue weighted by molar-refractivity contribution is 0.158. The van der Waals surface area contributed by atoms with Gasteiger partial charge in [-0.25, -0.2) is 9.94 Å². The van der Waals surface area contributed by atoms with Crippen molar-refractivity contribution in [1.29, 1.82) is 0 Å². The summed E-state index contributed by atoms with van der Waals surface area (Å²) in [4.78, 5) is 15.1. The minimum absolute atomic E-state index is 0.00552. The smallest absolute Gasteiger partial charge is 0.274 e. The second-order valence-electron chi connectivity index (χ2n) is 6.15. The number of hydrogen-bond acceptors (Lipinski definition) is 4. The molecule has 0 atom stereocenters. The van der Waals surface area contributed by atoms with E-state index >= 15 is 0 Å². The molecule has 0 fully saturated rings. The van der Waals surface area contributed by atoms with Crippen LogP contribution in [0.1, 0.15) is 32.0 Å². The summed E-state index contributed by atoms with van der Waals surface area (Å²) in [5.74, 6) is 0. The Hall–Kier alpha value is -2.08. The zero-order valence-electron chi connectivity index (χ0n) is 12.2. The molecule has 6 nitrogen and oxygen atoms in total. The van der Waals surface area contributed by atoms with E-state index in [1.165, 1.54) is 0 Å². The van der Waals surface area contributed by atoms with E-state index in [1.54, 1.807) is 10.7 Å². The zero-order chi connectivity index (χ0) is 14.5. The third-order valence-electron chi connectivity index (χ3n) is 3.49. The van der Waals surface area contributed by atoms with E-state index in [-0.39, 0.29) is 11.1 Å². The monoisotopic (exact) mass is 273 g/mol. The van der Waals surface area contributed by atoms with Gasteiger partial charge < -0.3 is 9.99 Å². The van der Waals surface area contributed by atoms with E-state index in [0.717, 1.165) is 16.8 Å². The maximum atomic E-state index is 12.1. The van der Waals surface area contributed by atoms with Crippen molar-refractivity contribution in [3.8, 4) is 0 Å². The minimum Gasteiger partial charge on any atom is -0.319 e. The third-order valence-corrected chi connectivity index (χ3v) is 3.49. The molecule has 0 aliphatic carbocycles. The molecule has 0 bridgehead atoms. The number of fused-ring (bicyclic) bond motifs is 1. The van der Waals surface area contributed by atoms with Gasteiger partial charge >= 0.3 is 0 Å². The summed E-state index contributed by atoms with van der Waals surface area (Å²) in [6.07, 6.45) is 5.61. The van der Waals surface area contributed by atoms with E-state index in [4.69, 9.17) is 0 Å². The quantitative estimate of drug-likeness (QED) is 0.821. The molecule has 2 aromatic heterocycles. The zero-order valence-corrected chi connectivity index (χ0v) is 12.2. The molecule has 0 radical (unpaired) electrons. The standard InChI is InChI=1S/C14H19N5O/c1-9-5-15-18-8-11(17-13(20)12(9)18)10-6-16-19(7-10)14(2,3)4/h5,7-8,16H,6H2,1-4H3,(H,17,20). The Morgan fingerprint density at radius 3 is 2.75 bits per heavy atom. The van der Waals surface area contributed by atoms with Gasteiger partial charge in [0.1, 0.15) is 5.52 Å². The average molecular weight is 273 g/mol. The lowest BCUT2D eigenvalue weighted by atomic mass is 10.1. The van der Waals surface area contributed by atoms with Gasteiger partial charge in [0.2, 0.25) is 0 Å². The van der Waals surface area contributed by atoms with Crippen LogP contribution in [-0.2, 0) is 0 Å². The van der Waals surface area contributed by atoms with Crippen molar-refractivity contribution in [2.75, 3.05) is 6.54 Å². The van der Waals surface area contributed by atoms with Crippen LogP contribution in [0.15, 0.2) is 23.4 Å². The topological polar surface area (TPSA) is 65.4 Å². The number of rotatable bonds is 1. The van der Waals surface area contributed by atoms with E-state index in [0.29, 0.717) is 12.1 Å². The maximum Gasteiger partial charge on any atom is 0.274 e. The Balaban J connectivity index is 2.06. The van der Waals surface area contributed by atoms with Gasteiger partial charge in [-0.15, -0.1) is 0 Å². The van der Waals surface area contributed by atoms with Crippen molar-refractivity contribution in [2.45, 2.75) is 33.2 Å². The van der Waals surface area contributed by atoms with E-state index in [1.807, 2.05) is 19.3 Å². The number of H-pyrrole nitrogens is 1. The molecule has 2 N–H and O–H groups in total. The Labute approximate surface area is 117 Å². The van der Waals surface area contributed by atoms with Crippen LogP contribution in [0.25, 0.3) is 11.1 Å². The number of hydrazine groups is 1. The molecule has 0 unspecified atom stereocenters. The SMILES string of the molecule is Cc1cnn2cc(C3=CN(C(C)(C)C)NC3)[nH]c(=O)c12. The van der Waals surface area contributed by atoms with Crippen molar-refractivity contribution < 1.29 is 0 Å². The van der Waals surface area contributed by atoms with Crippen molar-refractivity contribution in [3.05, 3.63) is 40.2 Å². The summed E-state index contributed by atoms with van der Waals surface area (Å²) in [6.45, 7) is 8.96. The molecular formula is C14H19N5O. The number of aromatic nitrogens is 3. The molecule has 0 amide bonds. The largest absolute Gasteiger partial charge is 0.319 e. The van der Waals surface area contributed by atoms with E-state index < -0.39 is 0 Å². The Morgan fingerprint density at radius 2 is 2.10 bits per heavy atom. The summed E-state index contributed by atoms with van der Waals surface area (Å²) in [5.41, 5.74) is 6.53. The fraction of sp³-hybridized carbons (Fsp3) is 0.429. The van der Waals surface area contributed by atoms with Gasteiger partial charge in [-0.1, -0.05) is 0 Å². The molecular weight excluding hydrogens is 254 g/mol. The number of nitrogens with zero attached hydrogens (tertiary/aromatic N) is 3. The summed E-state index contributed by atoms with van der Waals surface area (Å²) in [6, 6.07) is 0. The van der Waals surface area contributed by atoms with Crippen molar-refractivity contribution >= 4 is 11.1 Å². The van der Waals surface area contributed by atoms with E-state index in [9.17, 15) is 4.79 Å². The third kappa shape index (κ3) is 2.02. The highest BCUT2D eigenvalue weighted by Gasteiger charge is 2.24. The molecule has 3 heterocycles. The first-order chi connectivity index (χ1) is 9.36. The van der Waals surface area contributed by atoms with E-state index in [2.05, 4.69) is 41.3 Å². The first-order valence-electron chi connectivity index (χ1n) is 6.67. The summed E-state index contributed by atoms with van der Waals surface area (Å²) in [7, 11) is 0. The average Bonchev–Trinajstić information content (AvgIpc) is 2.95. The van der Waals surface area contributed by atoms with Gasteiger partial charge in [0.25, 0.3) is 5.56 Å². The van der Waals surface area contributed by atoms with Crippen LogP contribution in [0.2, 0.25) is 0 Å². The van der Waals surface area contributed by atoms with Crippen LogP contribution in [0, 0.1) is 6.92 Å². The molecule has 3 rings (SSSR count). The van der Waals surface area contributed by atoms with Crippen molar-refractivity contribution in [2.24, 2.45) is 0 Å². The molecule has 1 aliphatic heterocycles. The Morgan fingerprint density at radius 1 is 1.35 bits per heavy atom. The van der Waals surface area contributed by atoms with Gasteiger partial charge in [0.15, 0.2) is 0 Å². The molecule has 0 aromatic carbocycles. The molecule has 0 saturated carbocycles. The summed E-state index contributed by atoms with van der Waals surface area (Å²) in [5, 5.41) is 6.27. The lowest BCUT2D eigenvalue weighted by Crippen LogP contribution is -2.43. The molecule has 0 saturated heterocycles. The molecule has 20 heavy (non-hydrogen) atoms. The first kappa shape index (κ1) is 12.9. The molecule has 2 aromatic rings. The van der Waals surface area contributed by atoms with Gasteiger partial charge in [-0.2, -0.15) is 5.10 Å². The van der Waals surface area contributed by atoms with Gasteiger partial charge in [0.05, 0.1) is 18.1 Å². The summed E-state index contributed by atoms with van der Waals surface area (Å²) >= 11 is 0. The second-order valence-corrected chi connectivity index (χ2v) is 6.15. The van der Waals surface area contributed by atoms with Crippen LogP contribution >= 0.6 is 0 Å². The van der Waals surface area contributed by atoms with Crippen LogP contribution in [-0.4, -0.2) is 31.7 Å². The highest BCUT2D eigenvalue weighted by Crippen LogP contribution is 2.21. The highest BCUT2D eigenvalue weighted by molar-refractivity contribution is 5.66. The molecule has 1 aliphatic rings. The number of aromatic amines is 1. The maximum absolute atomic E-state index is 12.1.